The van der Waals surface area contributed by atoms with Gasteiger partial charge in [0.1, 0.15) is 0 Å². The molecule has 5 rings (SSSR count). The average Bonchev–Trinajstić information content (AvgIpc) is 3.11. The molecule has 28 heavy (non-hydrogen) atoms. The van der Waals surface area contributed by atoms with E-state index in [0.29, 0.717) is 11.6 Å². The number of benzene rings is 2. The summed E-state index contributed by atoms with van der Waals surface area (Å²) in [6.45, 7) is 5.72. The van der Waals surface area contributed by atoms with Crippen molar-refractivity contribution >= 4 is 16.6 Å². The second-order valence-corrected chi connectivity index (χ2v) is 7.79. The van der Waals surface area contributed by atoms with E-state index in [9.17, 15) is 5.26 Å². The highest BCUT2D eigenvalue weighted by molar-refractivity contribution is 5.86. The second-order valence-electron chi connectivity index (χ2n) is 7.79. The van der Waals surface area contributed by atoms with Crippen molar-refractivity contribution in [3.63, 3.8) is 0 Å². The average molecular weight is 372 g/mol. The summed E-state index contributed by atoms with van der Waals surface area (Å²) in [5.74, 6) is 0. The van der Waals surface area contributed by atoms with Gasteiger partial charge in [-0.1, -0.05) is 12.1 Å². The molecule has 0 saturated carbocycles. The zero-order valence-electron chi connectivity index (χ0n) is 16.0. The molecule has 1 fully saturated rings. The van der Waals surface area contributed by atoms with Gasteiger partial charge in [0, 0.05) is 41.4 Å². The van der Waals surface area contributed by atoms with Crippen LogP contribution in [-0.2, 0) is 11.2 Å². The Kier molecular flexibility index (Phi) is 4.31. The highest BCUT2D eigenvalue weighted by Gasteiger charge is 2.28. The topological polar surface area (TPSA) is 64.1 Å². The molecule has 0 radical (unpaired) electrons. The summed E-state index contributed by atoms with van der Waals surface area (Å²) in [5, 5.41) is 14.2. The van der Waals surface area contributed by atoms with Crippen LogP contribution in [0.1, 0.15) is 35.3 Å². The van der Waals surface area contributed by atoms with E-state index in [1.807, 2.05) is 18.2 Å². The Morgan fingerprint density at radius 2 is 1.89 bits per heavy atom. The van der Waals surface area contributed by atoms with Crippen molar-refractivity contribution in [1.82, 2.24) is 10.3 Å². The van der Waals surface area contributed by atoms with Crippen LogP contribution in [0.2, 0.25) is 0 Å². The van der Waals surface area contributed by atoms with Gasteiger partial charge in [-0.3, -0.25) is 0 Å². The highest BCUT2D eigenvalue weighted by Crippen LogP contribution is 2.36. The normalized spacial score (nSPS) is 22.1. The highest BCUT2D eigenvalue weighted by atomic mass is 16.5. The molecule has 1 saturated heterocycles. The fraction of sp³-hybridized carbons (Fsp3) is 0.348. The second kappa shape index (κ2) is 6.97. The molecule has 2 aliphatic heterocycles. The van der Waals surface area contributed by atoms with E-state index in [1.54, 1.807) is 0 Å². The van der Waals surface area contributed by atoms with E-state index in [4.69, 9.17) is 4.74 Å². The molecule has 0 unspecified atom stereocenters. The minimum absolute atomic E-state index is 0.135. The van der Waals surface area contributed by atoms with Gasteiger partial charge < -0.3 is 19.9 Å². The molecule has 2 atom stereocenters. The molecule has 0 amide bonds. The predicted octanol–water partition coefficient (Wildman–Crippen LogP) is 3.50. The molecule has 0 bridgehead atoms. The maximum absolute atomic E-state index is 9.27. The van der Waals surface area contributed by atoms with Crippen LogP contribution < -0.4 is 10.2 Å². The van der Waals surface area contributed by atoms with Crippen molar-refractivity contribution in [2.24, 2.45) is 0 Å². The molecule has 5 heteroatoms. The van der Waals surface area contributed by atoms with Crippen LogP contribution in [0.3, 0.4) is 0 Å². The lowest BCUT2D eigenvalue weighted by Gasteiger charge is -2.31. The van der Waals surface area contributed by atoms with Crippen LogP contribution in [-0.4, -0.2) is 37.3 Å². The van der Waals surface area contributed by atoms with E-state index >= 15 is 0 Å². The first-order valence-electron chi connectivity index (χ1n) is 9.96. The summed E-state index contributed by atoms with van der Waals surface area (Å²) in [6.07, 6.45) is 0.965. The number of ether oxygens (including phenoxy) is 1. The Morgan fingerprint density at radius 3 is 2.64 bits per heavy atom. The molecule has 142 valence electrons. The summed E-state index contributed by atoms with van der Waals surface area (Å²) < 4.78 is 5.46. The van der Waals surface area contributed by atoms with Gasteiger partial charge in [-0.15, -0.1) is 0 Å². The zero-order valence-corrected chi connectivity index (χ0v) is 16.0. The van der Waals surface area contributed by atoms with Crippen molar-refractivity contribution < 1.29 is 4.74 Å². The van der Waals surface area contributed by atoms with Crippen molar-refractivity contribution in [3.05, 3.63) is 64.8 Å². The molecule has 1 aromatic heterocycles. The van der Waals surface area contributed by atoms with Crippen molar-refractivity contribution in [1.29, 1.82) is 5.26 Å². The molecular weight excluding hydrogens is 348 g/mol. The van der Waals surface area contributed by atoms with Gasteiger partial charge in [0.15, 0.2) is 0 Å². The molecule has 2 aliphatic rings. The third kappa shape index (κ3) is 2.95. The number of nitrogens with one attached hydrogen (secondary N) is 2. The molecule has 0 spiro atoms. The standard InChI is InChI=1S/C23H24N4O/c1-15-12-20-19-13-16(14-24)2-7-21(19)26-23(20)22(25-15)17-3-5-18(6-4-17)27-8-10-28-11-9-27/h2-7,13,15,22,25-26H,8-12H2,1H3/t15-,22-/m0/s1. The number of nitriles is 1. The van der Waals surface area contributed by atoms with E-state index in [0.717, 1.165) is 38.2 Å². The minimum atomic E-state index is 0.135. The van der Waals surface area contributed by atoms with Gasteiger partial charge in [0.25, 0.3) is 0 Å². The number of aromatic amines is 1. The van der Waals surface area contributed by atoms with Gasteiger partial charge in [-0.25, -0.2) is 0 Å². The number of aromatic nitrogens is 1. The Bertz CT molecular complexity index is 1040. The van der Waals surface area contributed by atoms with Crippen molar-refractivity contribution in [2.75, 3.05) is 31.2 Å². The summed E-state index contributed by atoms with van der Waals surface area (Å²) in [5.41, 5.74) is 6.90. The number of rotatable bonds is 2. The van der Waals surface area contributed by atoms with E-state index < -0.39 is 0 Å². The number of anilines is 1. The van der Waals surface area contributed by atoms with Crippen LogP contribution in [0.4, 0.5) is 5.69 Å². The molecule has 5 nitrogen and oxygen atoms in total. The van der Waals surface area contributed by atoms with Crippen LogP contribution in [0.25, 0.3) is 10.9 Å². The van der Waals surface area contributed by atoms with E-state index in [1.165, 1.54) is 27.9 Å². The summed E-state index contributed by atoms with van der Waals surface area (Å²) >= 11 is 0. The van der Waals surface area contributed by atoms with Gasteiger partial charge >= 0.3 is 0 Å². The Morgan fingerprint density at radius 1 is 1.11 bits per heavy atom. The lowest BCUT2D eigenvalue weighted by Crippen LogP contribution is -2.38. The quantitative estimate of drug-likeness (QED) is 0.723. The van der Waals surface area contributed by atoms with Crippen LogP contribution >= 0.6 is 0 Å². The van der Waals surface area contributed by atoms with Crippen LogP contribution in [0.5, 0.6) is 0 Å². The van der Waals surface area contributed by atoms with Crippen LogP contribution in [0, 0.1) is 11.3 Å². The maximum atomic E-state index is 9.27. The molecule has 3 heterocycles. The largest absolute Gasteiger partial charge is 0.378 e. The molecule has 2 aromatic carbocycles. The number of fused-ring (bicyclic) bond motifs is 3. The van der Waals surface area contributed by atoms with Gasteiger partial charge in [0.2, 0.25) is 0 Å². The number of nitrogens with zero attached hydrogens (tertiary/aromatic N) is 2. The maximum Gasteiger partial charge on any atom is 0.0991 e. The van der Waals surface area contributed by atoms with E-state index in [-0.39, 0.29) is 6.04 Å². The smallest absolute Gasteiger partial charge is 0.0991 e. The lowest BCUT2D eigenvalue weighted by molar-refractivity contribution is 0.122. The molecule has 2 N–H and O–H groups in total. The Labute approximate surface area is 164 Å². The molecular formula is C23H24N4O. The fourth-order valence-electron chi connectivity index (χ4n) is 4.50. The summed E-state index contributed by atoms with van der Waals surface area (Å²) in [4.78, 5) is 5.99. The first-order chi connectivity index (χ1) is 13.7. The third-order valence-corrected chi connectivity index (χ3v) is 5.92. The van der Waals surface area contributed by atoms with Crippen molar-refractivity contribution in [2.45, 2.75) is 25.4 Å². The van der Waals surface area contributed by atoms with Gasteiger partial charge in [-0.05, 0) is 54.8 Å². The van der Waals surface area contributed by atoms with E-state index in [2.05, 4.69) is 52.5 Å². The number of morpholine rings is 1. The first-order valence-corrected chi connectivity index (χ1v) is 9.96. The summed E-state index contributed by atoms with van der Waals surface area (Å²) in [6, 6.07) is 17.6. The molecule has 0 aliphatic carbocycles. The fourth-order valence-corrected chi connectivity index (χ4v) is 4.50. The van der Waals surface area contributed by atoms with Gasteiger partial charge in [0.05, 0.1) is 30.9 Å². The van der Waals surface area contributed by atoms with Crippen LogP contribution in [0.15, 0.2) is 42.5 Å². The number of hydrogen-bond acceptors (Lipinski definition) is 4. The number of hydrogen-bond donors (Lipinski definition) is 2. The minimum Gasteiger partial charge on any atom is -0.378 e. The van der Waals surface area contributed by atoms with Crippen molar-refractivity contribution in [3.8, 4) is 6.07 Å². The zero-order chi connectivity index (χ0) is 19.1. The summed E-state index contributed by atoms with van der Waals surface area (Å²) in [7, 11) is 0. The Hall–Kier alpha value is -2.81. The van der Waals surface area contributed by atoms with Gasteiger partial charge in [-0.2, -0.15) is 5.26 Å². The first kappa shape index (κ1) is 17.3. The molecule has 3 aromatic rings. The monoisotopic (exact) mass is 372 g/mol. The SMILES string of the molecule is C[C@H]1Cc2c([nH]c3ccc(C#N)cc23)[C@H](c2ccc(N3CCOCC3)cc2)N1. The number of H-pyrrole nitrogens is 1. The Balaban J connectivity index is 1.52. The predicted molar refractivity (Wildman–Crippen MR) is 111 cm³/mol. The third-order valence-electron chi connectivity index (χ3n) is 5.92. The lowest BCUT2D eigenvalue weighted by atomic mass is 9.90.